The molecule has 0 radical (unpaired) electrons. The zero-order valence-corrected chi connectivity index (χ0v) is 9.65. The summed E-state index contributed by atoms with van der Waals surface area (Å²) in [5.74, 6) is 0.248. The summed E-state index contributed by atoms with van der Waals surface area (Å²) < 4.78 is 5.73. The molecule has 0 aliphatic carbocycles. The van der Waals surface area contributed by atoms with E-state index in [2.05, 4.69) is 0 Å². The van der Waals surface area contributed by atoms with E-state index in [0.29, 0.717) is 5.56 Å². The summed E-state index contributed by atoms with van der Waals surface area (Å²) >= 11 is 2.01. The lowest BCUT2D eigenvalue weighted by molar-refractivity contribution is -0.385. The van der Waals surface area contributed by atoms with Crippen LogP contribution < -0.4 is 10.5 Å². The molecule has 0 atom stereocenters. The first-order valence-electron chi connectivity index (χ1n) is 3.81. The average molecular weight is 308 g/mol. The predicted molar refractivity (Wildman–Crippen MR) is 60.3 cm³/mol. The minimum absolute atomic E-state index is 0.0418. The Morgan fingerprint density at radius 1 is 1.64 bits per heavy atom. The molecule has 76 valence electrons. The van der Waals surface area contributed by atoms with Crippen molar-refractivity contribution < 1.29 is 9.66 Å². The topological polar surface area (TPSA) is 78.4 Å². The van der Waals surface area contributed by atoms with Crippen LogP contribution in [-0.4, -0.2) is 12.0 Å². The van der Waals surface area contributed by atoms with Gasteiger partial charge in [0.05, 0.1) is 12.0 Å². The maximum absolute atomic E-state index is 10.7. The molecule has 2 N–H and O–H groups in total. The molecule has 0 spiro atoms. The van der Waals surface area contributed by atoms with Crippen LogP contribution in [0.3, 0.4) is 0 Å². The van der Waals surface area contributed by atoms with E-state index in [9.17, 15) is 10.1 Å². The van der Waals surface area contributed by atoms with Crippen molar-refractivity contribution in [2.45, 2.75) is 6.54 Å². The summed E-state index contributed by atoms with van der Waals surface area (Å²) in [7, 11) is 1.40. The fraction of sp³-hybridized carbons (Fsp3) is 0.250. The van der Waals surface area contributed by atoms with Gasteiger partial charge in [-0.2, -0.15) is 0 Å². The molecule has 5 nitrogen and oxygen atoms in total. The highest BCUT2D eigenvalue weighted by atomic mass is 127. The number of halogens is 1. The van der Waals surface area contributed by atoms with Gasteiger partial charge >= 0.3 is 5.69 Å². The number of nitro groups is 1. The van der Waals surface area contributed by atoms with Gasteiger partial charge in [-0.05, 0) is 28.7 Å². The molecule has 14 heavy (non-hydrogen) atoms. The van der Waals surface area contributed by atoms with Crippen molar-refractivity contribution in [1.82, 2.24) is 0 Å². The van der Waals surface area contributed by atoms with Gasteiger partial charge in [0, 0.05) is 21.7 Å². The van der Waals surface area contributed by atoms with E-state index in [0.717, 1.165) is 3.57 Å². The fourth-order valence-electron chi connectivity index (χ4n) is 1.16. The van der Waals surface area contributed by atoms with Crippen molar-refractivity contribution in [3.05, 3.63) is 31.4 Å². The van der Waals surface area contributed by atoms with Crippen LogP contribution in [-0.2, 0) is 6.54 Å². The molecule has 0 bridgehead atoms. The molecule has 1 rings (SSSR count). The Hall–Kier alpha value is -0.890. The van der Waals surface area contributed by atoms with Crippen LogP contribution in [0.25, 0.3) is 0 Å². The Morgan fingerprint density at radius 3 is 2.71 bits per heavy atom. The van der Waals surface area contributed by atoms with E-state index < -0.39 is 4.92 Å². The van der Waals surface area contributed by atoms with Crippen LogP contribution in [0.2, 0.25) is 0 Å². The first-order valence-corrected chi connectivity index (χ1v) is 4.89. The number of nitrogens with zero attached hydrogens (tertiary/aromatic N) is 1. The number of hydrogen-bond donors (Lipinski definition) is 1. The van der Waals surface area contributed by atoms with Gasteiger partial charge in [0.15, 0.2) is 0 Å². The largest absolute Gasteiger partial charge is 0.490 e. The molecule has 6 heteroatoms. The van der Waals surface area contributed by atoms with Gasteiger partial charge in [0.1, 0.15) is 0 Å². The molecular weight excluding hydrogens is 299 g/mol. The number of ether oxygens (including phenoxy) is 1. The minimum atomic E-state index is -0.472. The Labute approximate surface area is 94.5 Å². The summed E-state index contributed by atoms with van der Waals surface area (Å²) in [5, 5.41) is 10.7. The molecule has 0 heterocycles. The molecule has 0 fully saturated rings. The molecular formula is C8H9IN2O3. The van der Waals surface area contributed by atoms with Gasteiger partial charge in [-0.15, -0.1) is 0 Å². The van der Waals surface area contributed by atoms with Gasteiger partial charge < -0.3 is 10.5 Å². The van der Waals surface area contributed by atoms with Gasteiger partial charge in [0.2, 0.25) is 5.75 Å². The van der Waals surface area contributed by atoms with Crippen LogP contribution in [0.15, 0.2) is 12.1 Å². The molecule has 0 amide bonds. The maximum Gasteiger partial charge on any atom is 0.312 e. The van der Waals surface area contributed by atoms with Crippen molar-refractivity contribution in [1.29, 1.82) is 0 Å². The SMILES string of the molecule is COc1c(CN)cc(I)cc1[N+](=O)[O-]. The molecule has 0 saturated heterocycles. The third-order valence-electron chi connectivity index (χ3n) is 1.73. The third kappa shape index (κ3) is 2.13. The van der Waals surface area contributed by atoms with Crippen molar-refractivity contribution in [2.75, 3.05) is 7.11 Å². The van der Waals surface area contributed by atoms with Crippen LogP contribution in [0.1, 0.15) is 5.56 Å². The lowest BCUT2D eigenvalue weighted by Crippen LogP contribution is -2.03. The molecule has 1 aromatic carbocycles. The fourth-order valence-corrected chi connectivity index (χ4v) is 1.83. The smallest absolute Gasteiger partial charge is 0.312 e. The monoisotopic (exact) mass is 308 g/mol. The van der Waals surface area contributed by atoms with E-state index in [1.807, 2.05) is 22.6 Å². The predicted octanol–water partition coefficient (Wildman–Crippen LogP) is 1.67. The van der Waals surface area contributed by atoms with E-state index in [1.54, 1.807) is 6.07 Å². The standard InChI is InChI=1S/C8H9IN2O3/c1-14-8-5(4-10)2-6(9)3-7(8)11(12)13/h2-3H,4,10H2,1H3. The highest BCUT2D eigenvalue weighted by molar-refractivity contribution is 14.1. The Balaban J connectivity index is 3.39. The van der Waals surface area contributed by atoms with Gasteiger partial charge in [0.25, 0.3) is 0 Å². The summed E-state index contributed by atoms with van der Waals surface area (Å²) in [6.07, 6.45) is 0. The number of nitrogens with two attached hydrogens (primary N) is 1. The lowest BCUT2D eigenvalue weighted by atomic mass is 10.2. The second kappa shape index (κ2) is 4.56. The number of benzene rings is 1. The lowest BCUT2D eigenvalue weighted by Gasteiger charge is -2.07. The number of methoxy groups -OCH3 is 1. The summed E-state index contributed by atoms with van der Waals surface area (Å²) in [4.78, 5) is 10.2. The zero-order valence-electron chi connectivity index (χ0n) is 7.49. The summed E-state index contributed by atoms with van der Waals surface area (Å²) in [6.45, 7) is 0.223. The normalized spacial score (nSPS) is 9.93. The van der Waals surface area contributed by atoms with E-state index in [-0.39, 0.29) is 18.0 Å². The first-order chi connectivity index (χ1) is 6.60. The number of hydrogen-bond acceptors (Lipinski definition) is 4. The quantitative estimate of drug-likeness (QED) is 0.523. The second-order valence-corrected chi connectivity index (χ2v) is 3.82. The van der Waals surface area contributed by atoms with Crippen molar-refractivity contribution >= 4 is 28.3 Å². The van der Waals surface area contributed by atoms with Crippen LogP contribution in [0.5, 0.6) is 5.75 Å². The van der Waals surface area contributed by atoms with E-state index >= 15 is 0 Å². The van der Waals surface area contributed by atoms with E-state index in [1.165, 1.54) is 13.2 Å². The van der Waals surface area contributed by atoms with Crippen molar-refractivity contribution in [3.8, 4) is 5.75 Å². The van der Waals surface area contributed by atoms with Crippen molar-refractivity contribution in [3.63, 3.8) is 0 Å². The van der Waals surface area contributed by atoms with Crippen LogP contribution in [0.4, 0.5) is 5.69 Å². The molecule has 0 aromatic heterocycles. The summed E-state index contributed by atoms with van der Waals surface area (Å²) in [5.41, 5.74) is 6.06. The Kier molecular flexibility index (Phi) is 3.64. The number of rotatable bonds is 3. The van der Waals surface area contributed by atoms with Gasteiger partial charge in [-0.1, -0.05) is 0 Å². The molecule has 0 aliphatic heterocycles. The molecule has 0 saturated carbocycles. The third-order valence-corrected chi connectivity index (χ3v) is 2.35. The highest BCUT2D eigenvalue weighted by Crippen LogP contribution is 2.32. The average Bonchev–Trinajstić information content (AvgIpc) is 2.16. The summed E-state index contributed by atoms with van der Waals surface area (Å²) in [6, 6.07) is 3.23. The number of nitro benzene ring substituents is 1. The van der Waals surface area contributed by atoms with Gasteiger partial charge in [-0.3, -0.25) is 10.1 Å². The zero-order chi connectivity index (χ0) is 10.7. The second-order valence-electron chi connectivity index (χ2n) is 2.58. The van der Waals surface area contributed by atoms with Crippen LogP contribution >= 0.6 is 22.6 Å². The Bertz CT molecular complexity index is 368. The Morgan fingerprint density at radius 2 is 2.29 bits per heavy atom. The maximum atomic E-state index is 10.7. The first kappa shape index (κ1) is 11.2. The van der Waals surface area contributed by atoms with Gasteiger partial charge in [-0.25, -0.2) is 0 Å². The highest BCUT2D eigenvalue weighted by Gasteiger charge is 2.18. The minimum Gasteiger partial charge on any atom is -0.490 e. The molecule has 0 aliphatic rings. The van der Waals surface area contributed by atoms with Crippen LogP contribution in [0, 0.1) is 13.7 Å². The van der Waals surface area contributed by atoms with Crippen molar-refractivity contribution in [2.24, 2.45) is 5.73 Å². The molecule has 0 unspecified atom stereocenters. The molecule has 1 aromatic rings. The van der Waals surface area contributed by atoms with E-state index in [4.69, 9.17) is 10.5 Å².